The third-order valence-corrected chi connectivity index (χ3v) is 6.63. The van der Waals surface area contributed by atoms with Gasteiger partial charge in [0.05, 0.1) is 11.6 Å². The highest BCUT2D eigenvalue weighted by Crippen LogP contribution is 2.42. The molecular weight excluding hydrogens is 452 g/mol. The van der Waals surface area contributed by atoms with Crippen molar-refractivity contribution in [3.05, 3.63) is 89.5 Å². The van der Waals surface area contributed by atoms with Crippen LogP contribution in [-0.4, -0.2) is 53.1 Å². The zero-order valence-electron chi connectivity index (χ0n) is 22.2. The highest BCUT2D eigenvalue weighted by atomic mass is 16.6. The highest BCUT2D eigenvalue weighted by Gasteiger charge is 2.46. The summed E-state index contributed by atoms with van der Waals surface area (Å²) >= 11 is 0. The van der Waals surface area contributed by atoms with Crippen molar-refractivity contribution in [3.8, 4) is 0 Å². The SMILES string of the molecule is C=C(C)C(=CC(=O)N(C)C)c1ccc(C(C)N2CCC(CC(C)(C)O)(c3ccccc3)OC2=O)cc1. The third kappa shape index (κ3) is 6.24. The molecule has 0 bridgehead atoms. The molecule has 0 saturated carbocycles. The van der Waals surface area contributed by atoms with Gasteiger partial charge in [-0.2, -0.15) is 0 Å². The van der Waals surface area contributed by atoms with Crippen molar-refractivity contribution in [1.29, 1.82) is 0 Å². The van der Waals surface area contributed by atoms with E-state index in [1.807, 2.05) is 68.4 Å². The van der Waals surface area contributed by atoms with Gasteiger partial charge in [-0.05, 0) is 50.0 Å². The van der Waals surface area contributed by atoms with Crippen molar-refractivity contribution in [3.63, 3.8) is 0 Å². The molecule has 1 fully saturated rings. The topological polar surface area (TPSA) is 70.1 Å². The second-order valence-electron chi connectivity index (χ2n) is 10.5. The second kappa shape index (κ2) is 10.7. The molecule has 0 radical (unpaired) electrons. The summed E-state index contributed by atoms with van der Waals surface area (Å²) in [5, 5.41) is 10.6. The fraction of sp³-hybridized carbons (Fsp3) is 0.400. The van der Waals surface area contributed by atoms with E-state index >= 15 is 0 Å². The summed E-state index contributed by atoms with van der Waals surface area (Å²) in [5.41, 5.74) is 2.45. The largest absolute Gasteiger partial charge is 0.438 e. The van der Waals surface area contributed by atoms with E-state index in [1.54, 1.807) is 38.9 Å². The Hall–Kier alpha value is -3.38. The first-order chi connectivity index (χ1) is 16.8. The minimum absolute atomic E-state index is 0.102. The zero-order valence-corrected chi connectivity index (χ0v) is 22.2. The van der Waals surface area contributed by atoms with Gasteiger partial charge in [0.15, 0.2) is 0 Å². The van der Waals surface area contributed by atoms with Gasteiger partial charge in [0.25, 0.3) is 0 Å². The number of aliphatic hydroxyl groups is 1. The lowest BCUT2D eigenvalue weighted by molar-refractivity contribution is -0.123. The molecule has 2 atom stereocenters. The molecule has 1 aliphatic rings. The van der Waals surface area contributed by atoms with Crippen molar-refractivity contribution in [1.82, 2.24) is 9.80 Å². The van der Waals surface area contributed by atoms with Crippen LogP contribution in [0.15, 0.2) is 72.8 Å². The molecule has 2 amide bonds. The Morgan fingerprint density at radius 1 is 1.19 bits per heavy atom. The van der Waals surface area contributed by atoms with Crippen LogP contribution in [0.5, 0.6) is 0 Å². The highest BCUT2D eigenvalue weighted by molar-refractivity contribution is 5.98. The molecule has 0 aliphatic carbocycles. The first kappa shape index (κ1) is 27.2. The smallest absolute Gasteiger partial charge is 0.411 e. The number of likely N-dealkylation sites (N-methyl/N-ethyl adjacent to an activating group) is 1. The maximum Gasteiger partial charge on any atom is 0.411 e. The summed E-state index contributed by atoms with van der Waals surface area (Å²) < 4.78 is 6.12. The third-order valence-electron chi connectivity index (χ3n) is 6.63. The summed E-state index contributed by atoms with van der Waals surface area (Å²) in [6.45, 7) is 11.9. The monoisotopic (exact) mass is 490 g/mol. The van der Waals surface area contributed by atoms with Crippen LogP contribution in [-0.2, 0) is 15.1 Å². The minimum Gasteiger partial charge on any atom is -0.438 e. The number of benzene rings is 2. The first-order valence-electron chi connectivity index (χ1n) is 12.3. The lowest BCUT2D eigenvalue weighted by Gasteiger charge is -2.45. The van der Waals surface area contributed by atoms with E-state index in [1.165, 1.54) is 4.90 Å². The van der Waals surface area contributed by atoms with Crippen molar-refractivity contribution < 1.29 is 19.4 Å². The molecule has 1 aliphatic heterocycles. The standard InChI is InChI=1S/C30H38N2O4/c1-21(2)26(19-27(33)31(6)7)24-15-13-23(14-16-24)22(3)32-18-17-30(36-28(32)34,20-29(4,5)35)25-11-9-8-10-12-25/h8-16,19,22,35H,1,17-18,20H2,2-7H3. The Morgan fingerprint density at radius 3 is 2.31 bits per heavy atom. The van der Waals surface area contributed by atoms with Gasteiger partial charge in [0, 0.05) is 39.6 Å². The molecule has 1 N–H and O–H groups in total. The molecule has 1 saturated heterocycles. The average Bonchev–Trinajstić information content (AvgIpc) is 2.81. The summed E-state index contributed by atoms with van der Waals surface area (Å²) in [6.07, 6.45) is 2.08. The predicted molar refractivity (Wildman–Crippen MR) is 143 cm³/mol. The molecule has 2 unspecified atom stereocenters. The maximum absolute atomic E-state index is 13.3. The Morgan fingerprint density at radius 2 is 1.81 bits per heavy atom. The average molecular weight is 491 g/mol. The Labute approximate surface area is 214 Å². The van der Waals surface area contributed by atoms with Crippen LogP contribution in [0.4, 0.5) is 4.79 Å². The van der Waals surface area contributed by atoms with Gasteiger partial charge < -0.3 is 19.6 Å². The van der Waals surface area contributed by atoms with Crippen molar-refractivity contribution in [2.24, 2.45) is 0 Å². The van der Waals surface area contributed by atoms with Crippen LogP contribution in [0.1, 0.15) is 63.3 Å². The molecule has 2 aromatic carbocycles. The Bertz CT molecular complexity index is 1130. The summed E-state index contributed by atoms with van der Waals surface area (Å²) in [7, 11) is 3.43. The number of rotatable bonds is 8. The maximum atomic E-state index is 13.3. The second-order valence-corrected chi connectivity index (χ2v) is 10.5. The van der Waals surface area contributed by atoms with E-state index in [2.05, 4.69) is 6.58 Å². The molecule has 6 nitrogen and oxygen atoms in total. The van der Waals surface area contributed by atoms with Crippen molar-refractivity contribution >= 4 is 17.6 Å². The van der Waals surface area contributed by atoms with Crippen LogP contribution >= 0.6 is 0 Å². The van der Waals surface area contributed by atoms with Crippen LogP contribution in [0.2, 0.25) is 0 Å². The molecule has 1 heterocycles. The number of carbonyl (C=O) groups is 2. The lowest BCUT2D eigenvalue weighted by atomic mass is 9.80. The number of hydrogen-bond donors (Lipinski definition) is 1. The zero-order chi connectivity index (χ0) is 26.7. The quantitative estimate of drug-likeness (QED) is 0.381. The van der Waals surface area contributed by atoms with Gasteiger partial charge in [-0.15, -0.1) is 0 Å². The van der Waals surface area contributed by atoms with Crippen LogP contribution in [0, 0.1) is 0 Å². The summed E-state index contributed by atoms with van der Waals surface area (Å²) in [4.78, 5) is 28.8. The molecule has 0 spiro atoms. The number of cyclic esters (lactones) is 1. The number of ether oxygens (including phenoxy) is 1. The fourth-order valence-electron chi connectivity index (χ4n) is 4.72. The molecule has 0 aromatic heterocycles. The van der Waals surface area contributed by atoms with Crippen molar-refractivity contribution in [2.75, 3.05) is 20.6 Å². The molecule has 2 aromatic rings. The van der Waals surface area contributed by atoms with Gasteiger partial charge in [-0.1, -0.05) is 66.7 Å². The molecule has 36 heavy (non-hydrogen) atoms. The number of carbonyl (C=O) groups excluding carboxylic acids is 2. The first-order valence-corrected chi connectivity index (χ1v) is 12.3. The minimum atomic E-state index is -0.998. The van der Waals surface area contributed by atoms with E-state index in [9.17, 15) is 14.7 Å². The summed E-state index contributed by atoms with van der Waals surface area (Å²) in [5.74, 6) is -0.102. The van der Waals surface area contributed by atoms with E-state index < -0.39 is 17.3 Å². The fourth-order valence-corrected chi connectivity index (χ4v) is 4.72. The van der Waals surface area contributed by atoms with Gasteiger partial charge in [-0.25, -0.2) is 4.79 Å². The van der Waals surface area contributed by atoms with Crippen molar-refractivity contribution in [2.45, 2.75) is 57.8 Å². The van der Waals surface area contributed by atoms with Gasteiger partial charge in [0.1, 0.15) is 5.60 Å². The number of amides is 2. The number of nitrogens with zero attached hydrogens (tertiary/aromatic N) is 2. The Balaban J connectivity index is 1.82. The van der Waals surface area contributed by atoms with Crippen LogP contribution in [0.3, 0.4) is 0 Å². The van der Waals surface area contributed by atoms with E-state index in [-0.39, 0.29) is 11.9 Å². The van der Waals surface area contributed by atoms with E-state index in [0.29, 0.717) is 19.4 Å². The Kier molecular flexibility index (Phi) is 8.09. The predicted octanol–water partition coefficient (Wildman–Crippen LogP) is 5.69. The van der Waals surface area contributed by atoms with E-state index in [4.69, 9.17) is 4.74 Å². The van der Waals surface area contributed by atoms with Gasteiger partial charge >= 0.3 is 6.09 Å². The van der Waals surface area contributed by atoms with E-state index in [0.717, 1.165) is 27.8 Å². The van der Waals surface area contributed by atoms with Crippen LogP contribution < -0.4 is 0 Å². The summed E-state index contributed by atoms with van der Waals surface area (Å²) in [6, 6.07) is 17.3. The lowest BCUT2D eigenvalue weighted by Crippen LogP contribution is -2.51. The van der Waals surface area contributed by atoms with Gasteiger partial charge in [0.2, 0.25) is 5.91 Å². The molecular formula is C30H38N2O4. The number of hydrogen-bond acceptors (Lipinski definition) is 4. The van der Waals surface area contributed by atoms with Crippen LogP contribution in [0.25, 0.3) is 5.57 Å². The molecule has 6 heteroatoms. The molecule has 192 valence electrons. The normalized spacial score (nSPS) is 19.5. The number of allylic oxidation sites excluding steroid dienone is 2. The van der Waals surface area contributed by atoms with Gasteiger partial charge in [-0.3, -0.25) is 4.79 Å². The molecule has 3 rings (SSSR count).